The molecule has 3 nitrogen and oxygen atoms in total. The van der Waals surface area contributed by atoms with Gasteiger partial charge in [0.15, 0.2) is 5.82 Å². The number of amides is 1. The summed E-state index contributed by atoms with van der Waals surface area (Å²) in [5, 5.41) is 0.737. The van der Waals surface area contributed by atoms with E-state index in [1.165, 1.54) is 6.07 Å². The van der Waals surface area contributed by atoms with E-state index in [2.05, 4.69) is 4.98 Å². The number of aryl methyl sites for hydroxylation is 2. The molecule has 0 aliphatic rings. The molecule has 0 bridgehead atoms. The van der Waals surface area contributed by atoms with Crippen molar-refractivity contribution in [2.75, 3.05) is 0 Å². The molecule has 0 spiro atoms. The van der Waals surface area contributed by atoms with Crippen molar-refractivity contribution in [1.82, 2.24) is 4.98 Å². The lowest BCUT2D eigenvalue weighted by Gasteiger charge is -2.08. The van der Waals surface area contributed by atoms with Gasteiger partial charge in [-0.15, -0.1) is 0 Å². The van der Waals surface area contributed by atoms with Crippen LogP contribution in [0.15, 0.2) is 54.6 Å². The Morgan fingerprint density at radius 2 is 1.76 bits per heavy atom. The van der Waals surface area contributed by atoms with Gasteiger partial charge in [0.2, 0.25) is 5.91 Å². The Balaban J connectivity index is 1.84. The number of aromatic amines is 1. The van der Waals surface area contributed by atoms with Crippen LogP contribution in [0.1, 0.15) is 28.4 Å². The molecule has 29 heavy (non-hydrogen) atoms. The van der Waals surface area contributed by atoms with Crippen LogP contribution in [0.25, 0.3) is 33.3 Å². The molecule has 1 aromatic heterocycles. The van der Waals surface area contributed by atoms with Crippen LogP contribution in [0, 0.1) is 18.6 Å². The van der Waals surface area contributed by atoms with Gasteiger partial charge in [0.1, 0.15) is 5.82 Å². The molecule has 3 aromatic carbocycles. The zero-order chi connectivity index (χ0) is 20.7. The van der Waals surface area contributed by atoms with Crippen molar-refractivity contribution >= 4 is 16.8 Å². The van der Waals surface area contributed by atoms with E-state index in [0.29, 0.717) is 34.2 Å². The minimum absolute atomic E-state index is 0.316. The van der Waals surface area contributed by atoms with Crippen LogP contribution in [0.5, 0.6) is 0 Å². The molecule has 146 valence electrons. The van der Waals surface area contributed by atoms with E-state index in [-0.39, 0.29) is 11.6 Å². The lowest BCUT2D eigenvalue weighted by atomic mass is 9.99. The van der Waals surface area contributed by atoms with Crippen LogP contribution in [-0.4, -0.2) is 10.9 Å². The SMILES string of the molecule is CCc1cc(C(N)=O)ccc1-c1cc2ccc(-c3ccc(F)c(C)c3)c(F)c2[nH]1. The van der Waals surface area contributed by atoms with E-state index in [4.69, 9.17) is 5.73 Å². The molecule has 0 fully saturated rings. The number of rotatable bonds is 4. The van der Waals surface area contributed by atoms with Crippen LogP contribution in [0.4, 0.5) is 8.78 Å². The normalized spacial score (nSPS) is 11.2. The van der Waals surface area contributed by atoms with Crippen LogP contribution >= 0.6 is 0 Å². The van der Waals surface area contributed by atoms with Crippen molar-refractivity contribution < 1.29 is 13.6 Å². The Labute approximate surface area is 167 Å². The minimum Gasteiger partial charge on any atom is -0.366 e. The molecule has 0 saturated heterocycles. The number of fused-ring (bicyclic) bond motifs is 1. The van der Waals surface area contributed by atoms with Crippen LogP contribution in [0.2, 0.25) is 0 Å². The van der Waals surface area contributed by atoms with Gasteiger partial charge in [0, 0.05) is 27.8 Å². The van der Waals surface area contributed by atoms with Gasteiger partial charge in [-0.05, 0) is 60.4 Å². The molecule has 3 N–H and O–H groups in total. The van der Waals surface area contributed by atoms with Crippen LogP contribution in [-0.2, 0) is 6.42 Å². The summed E-state index contributed by atoms with van der Waals surface area (Å²) >= 11 is 0. The number of hydrogen-bond acceptors (Lipinski definition) is 1. The highest BCUT2D eigenvalue weighted by molar-refractivity contribution is 5.95. The Kier molecular flexibility index (Phi) is 4.66. The number of nitrogens with two attached hydrogens (primary N) is 1. The summed E-state index contributed by atoms with van der Waals surface area (Å²) in [6, 6.07) is 15.3. The largest absolute Gasteiger partial charge is 0.366 e. The summed E-state index contributed by atoms with van der Waals surface area (Å²) in [5.74, 6) is -1.18. The number of nitrogens with one attached hydrogen (secondary N) is 1. The molecule has 0 atom stereocenters. The monoisotopic (exact) mass is 390 g/mol. The summed E-state index contributed by atoms with van der Waals surface area (Å²) in [6.07, 6.45) is 0.703. The standard InChI is InChI=1S/C24H20F2N2O/c1-3-14-11-17(24(27)29)5-7-18(14)21-12-16-4-8-19(22(26)23(16)28-21)15-6-9-20(25)13(2)10-15/h4-12,28H,3H2,1-2H3,(H2,27,29). The second-order valence-corrected chi connectivity index (χ2v) is 7.13. The minimum atomic E-state index is -0.479. The predicted octanol–water partition coefficient (Wildman–Crippen LogP) is 5.75. The maximum atomic E-state index is 15.3. The molecule has 0 aliphatic heterocycles. The fourth-order valence-corrected chi connectivity index (χ4v) is 3.65. The molecule has 4 aromatic rings. The Morgan fingerprint density at radius 3 is 2.45 bits per heavy atom. The fraction of sp³-hybridized carbons (Fsp3) is 0.125. The van der Waals surface area contributed by atoms with Crippen molar-refractivity contribution in [2.45, 2.75) is 20.3 Å². The zero-order valence-corrected chi connectivity index (χ0v) is 16.1. The van der Waals surface area contributed by atoms with Gasteiger partial charge in [0.25, 0.3) is 0 Å². The van der Waals surface area contributed by atoms with Crippen molar-refractivity contribution in [2.24, 2.45) is 5.73 Å². The first kappa shape index (κ1) is 18.9. The number of aromatic nitrogens is 1. The number of carbonyl (C=O) groups excluding carboxylic acids is 1. The maximum absolute atomic E-state index is 15.3. The summed E-state index contributed by atoms with van der Waals surface area (Å²) in [6.45, 7) is 3.64. The molecule has 1 amide bonds. The molecular weight excluding hydrogens is 370 g/mol. The lowest BCUT2D eigenvalue weighted by Crippen LogP contribution is -2.11. The first-order valence-corrected chi connectivity index (χ1v) is 9.40. The number of carbonyl (C=O) groups is 1. The lowest BCUT2D eigenvalue weighted by molar-refractivity contribution is 0.1000. The quantitative estimate of drug-likeness (QED) is 0.458. The van der Waals surface area contributed by atoms with Crippen molar-refractivity contribution in [3.8, 4) is 22.4 Å². The number of hydrogen-bond donors (Lipinski definition) is 2. The molecule has 0 unspecified atom stereocenters. The summed E-state index contributed by atoms with van der Waals surface area (Å²) < 4.78 is 28.9. The predicted molar refractivity (Wildman–Crippen MR) is 112 cm³/mol. The molecule has 5 heteroatoms. The second-order valence-electron chi connectivity index (χ2n) is 7.13. The Morgan fingerprint density at radius 1 is 1.00 bits per heavy atom. The molecule has 0 aliphatic carbocycles. The first-order valence-electron chi connectivity index (χ1n) is 9.40. The topological polar surface area (TPSA) is 58.9 Å². The second kappa shape index (κ2) is 7.17. The number of H-pyrrole nitrogens is 1. The van der Waals surface area contributed by atoms with Gasteiger partial charge in [-0.3, -0.25) is 4.79 Å². The van der Waals surface area contributed by atoms with Crippen LogP contribution < -0.4 is 5.73 Å². The van der Waals surface area contributed by atoms with E-state index in [9.17, 15) is 9.18 Å². The number of benzene rings is 3. The van der Waals surface area contributed by atoms with Gasteiger partial charge >= 0.3 is 0 Å². The van der Waals surface area contributed by atoms with E-state index in [1.807, 2.05) is 25.1 Å². The summed E-state index contributed by atoms with van der Waals surface area (Å²) in [4.78, 5) is 14.6. The fourth-order valence-electron chi connectivity index (χ4n) is 3.65. The molecule has 0 saturated carbocycles. The molecular formula is C24H20F2N2O. The van der Waals surface area contributed by atoms with E-state index in [0.717, 1.165) is 22.2 Å². The highest BCUT2D eigenvalue weighted by Gasteiger charge is 2.15. The highest BCUT2D eigenvalue weighted by Crippen LogP contribution is 2.33. The van der Waals surface area contributed by atoms with Gasteiger partial charge in [-0.25, -0.2) is 8.78 Å². The maximum Gasteiger partial charge on any atom is 0.248 e. The van der Waals surface area contributed by atoms with E-state index in [1.54, 1.807) is 37.3 Å². The average molecular weight is 390 g/mol. The molecule has 4 rings (SSSR count). The van der Waals surface area contributed by atoms with Crippen molar-refractivity contribution in [3.63, 3.8) is 0 Å². The van der Waals surface area contributed by atoms with Gasteiger partial charge in [-0.1, -0.05) is 31.2 Å². The Hall–Kier alpha value is -3.47. The van der Waals surface area contributed by atoms with E-state index >= 15 is 4.39 Å². The van der Waals surface area contributed by atoms with E-state index < -0.39 is 5.91 Å². The molecule has 1 heterocycles. The summed E-state index contributed by atoms with van der Waals surface area (Å²) in [5.41, 5.74) is 10.3. The smallest absolute Gasteiger partial charge is 0.248 e. The summed E-state index contributed by atoms with van der Waals surface area (Å²) in [7, 11) is 0. The third-order valence-corrected chi connectivity index (χ3v) is 5.26. The van der Waals surface area contributed by atoms with Crippen molar-refractivity contribution in [3.05, 3.63) is 82.9 Å². The third kappa shape index (κ3) is 3.29. The molecule has 0 radical (unpaired) electrons. The van der Waals surface area contributed by atoms with Gasteiger partial charge in [0.05, 0.1) is 5.52 Å². The third-order valence-electron chi connectivity index (χ3n) is 5.26. The Bertz CT molecular complexity index is 1260. The average Bonchev–Trinajstić information content (AvgIpc) is 3.15. The van der Waals surface area contributed by atoms with Crippen molar-refractivity contribution in [1.29, 1.82) is 0 Å². The van der Waals surface area contributed by atoms with Crippen LogP contribution in [0.3, 0.4) is 0 Å². The van der Waals surface area contributed by atoms with Gasteiger partial charge in [-0.2, -0.15) is 0 Å². The zero-order valence-electron chi connectivity index (χ0n) is 16.1. The van der Waals surface area contributed by atoms with Gasteiger partial charge < -0.3 is 10.7 Å². The number of halogens is 2. The first-order chi connectivity index (χ1) is 13.9. The number of primary amides is 1. The highest BCUT2D eigenvalue weighted by atomic mass is 19.1.